The van der Waals surface area contributed by atoms with Crippen molar-refractivity contribution in [3.63, 3.8) is 0 Å². The van der Waals surface area contributed by atoms with Gasteiger partial charge in [-0.2, -0.15) is 0 Å². The van der Waals surface area contributed by atoms with Gasteiger partial charge >= 0.3 is 0 Å². The number of rotatable bonds is 6. The van der Waals surface area contributed by atoms with E-state index in [2.05, 4.69) is 0 Å². The second-order valence-electron chi connectivity index (χ2n) is 9.74. The van der Waals surface area contributed by atoms with Gasteiger partial charge < -0.3 is 9.80 Å². The molecule has 0 aromatic heterocycles. The standard InChI is InChI=1S/C27H30FN3O4/c28-23-9-5-4-8-21(23)19-35-31-24(32)10-11-27(31)12-14-29(15-13-27)26(34)18-30-17-22(16-25(30)33)20-6-2-1-3-7-20/h1-9,22H,10-19H2. The van der Waals surface area contributed by atoms with Crippen molar-refractivity contribution in [2.75, 3.05) is 26.2 Å². The first-order valence-electron chi connectivity index (χ1n) is 12.3. The fraction of sp³-hybridized carbons (Fsp3) is 0.444. The Bertz CT molecular complexity index is 1100. The predicted molar refractivity (Wildman–Crippen MR) is 126 cm³/mol. The molecule has 2 aromatic carbocycles. The Kier molecular flexibility index (Phi) is 6.56. The normalized spacial score (nSPS) is 21.9. The first kappa shape index (κ1) is 23.5. The quantitative estimate of drug-likeness (QED) is 0.638. The van der Waals surface area contributed by atoms with Crippen molar-refractivity contribution in [2.24, 2.45) is 0 Å². The molecule has 1 atom stereocenters. The molecule has 3 amide bonds. The number of hydrogen-bond acceptors (Lipinski definition) is 4. The van der Waals surface area contributed by atoms with E-state index in [4.69, 9.17) is 4.84 Å². The fourth-order valence-electron chi connectivity index (χ4n) is 5.53. The van der Waals surface area contributed by atoms with Crippen LogP contribution in [-0.4, -0.2) is 64.3 Å². The topological polar surface area (TPSA) is 70.2 Å². The van der Waals surface area contributed by atoms with Crippen molar-refractivity contribution in [3.05, 3.63) is 71.5 Å². The van der Waals surface area contributed by atoms with Gasteiger partial charge in [-0.3, -0.25) is 19.2 Å². The minimum atomic E-state index is -0.471. The SMILES string of the molecule is O=C(CN1CC(c2ccccc2)CC1=O)N1CCC2(CCC(=O)N2OCc2ccccc2F)CC1. The zero-order valence-electron chi connectivity index (χ0n) is 19.7. The molecule has 0 N–H and O–H groups in total. The Morgan fingerprint density at radius 1 is 0.971 bits per heavy atom. The molecule has 2 aromatic rings. The third-order valence-electron chi connectivity index (χ3n) is 7.63. The minimum absolute atomic E-state index is 0.00907. The lowest BCUT2D eigenvalue weighted by atomic mass is 9.86. The number of piperidine rings is 1. The van der Waals surface area contributed by atoms with Gasteiger partial charge in [-0.05, 0) is 30.9 Å². The summed E-state index contributed by atoms with van der Waals surface area (Å²) in [5.41, 5.74) is 1.05. The van der Waals surface area contributed by atoms with Crippen LogP contribution in [0.15, 0.2) is 54.6 Å². The summed E-state index contributed by atoms with van der Waals surface area (Å²) < 4.78 is 14.0. The molecule has 3 aliphatic rings. The van der Waals surface area contributed by atoms with Crippen LogP contribution >= 0.6 is 0 Å². The van der Waals surface area contributed by atoms with E-state index in [1.54, 1.807) is 28.0 Å². The molecular weight excluding hydrogens is 449 g/mol. The number of hydrogen-bond donors (Lipinski definition) is 0. The van der Waals surface area contributed by atoms with Crippen LogP contribution in [0.3, 0.4) is 0 Å². The molecule has 3 heterocycles. The van der Waals surface area contributed by atoms with E-state index in [1.165, 1.54) is 11.1 Å². The maximum Gasteiger partial charge on any atom is 0.246 e. The second-order valence-corrected chi connectivity index (χ2v) is 9.74. The third-order valence-corrected chi connectivity index (χ3v) is 7.63. The second kappa shape index (κ2) is 9.77. The molecule has 3 aliphatic heterocycles. The Morgan fingerprint density at radius 3 is 2.43 bits per heavy atom. The highest BCUT2D eigenvalue weighted by Crippen LogP contribution is 2.40. The van der Waals surface area contributed by atoms with E-state index in [1.807, 2.05) is 30.3 Å². The van der Waals surface area contributed by atoms with Crippen molar-refractivity contribution < 1.29 is 23.6 Å². The first-order valence-corrected chi connectivity index (χ1v) is 12.3. The fourth-order valence-corrected chi connectivity index (χ4v) is 5.53. The van der Waals surface area contributed by atoms with Gasteiger partial charge in [0.15, 0.2) is 0 Å². The zero-order valence-corrected chi connectivity index (χ0v) is 19.7. The number of carbonyl (C=O) groups excluding carboxylic acids is 3. The number of benzene rings is 2. The van der Waals surface area contributed by atoms with Gasteiger partial charge in [-0.25, -0.2) is 9.45 Å². The Hall–Kier alpha value is -3.26. The highest BCUT2D eigenvalue weighted by Gasteiger charge is 2.49. The van der Waals surface area contributed by atoms with Crippen LogP contribution in [0, 0.1) is 5.82 Å². The molecule has 0 bridgehead atoms. The van der Waals surface area contributed by atoms with Crippen LogP contribution in [-0.2, 0) is 25.8 Å². The average Bonchev–Trinajstić information content (AvgIpc) is 3.39. The maximum absolute atomic E-state index is 14.0. The molecule has 5 rings (SSSR count). The Labute approximate surface area is 204 Å². The number of hydroxylamine groups is 2. The van der Waals surface area contributed by atoms with E-state index in [0.29, 0.717) is 57.3 Å². The van der Waals surface area contributed by atoms with Gasteiger partial charge in [-0.1, -0.05) is 48.5 Å². The summed E-state index contributed by atoms with van der Waals surface area (Å²) >= 11 is 0. The molecule has 1 unspecified atom stereocenters. The summed E-state index contributed by atoms with van der Waals surface area (Å²) in [5, 5.41) is 1.44. The summed E-state index contributed by atoms with van der Waals surface area (Å²) in [5.74, 6) is -0.402. The summed E-state index contributed by atoms with van der Waals surface area (Å²) in [7, 11) is 0. The van der Waals surface area contributed by atoms with Gasteiger partial charge in [0.25, 0.3) is 0 Å². The molecule has 0 saturated carbocycles. The Morgan fingerprint density at radius 2 is 1.69 bits per heavy atom. The van der Waals surface area contributed by atoms with Crippen LogP contribution in [0.25, 0.3) is 0 Å². The number of carbonyl (C=O) groups is 3. The highest BCUT2D eigenvalue weighted by molar-refractivity contribution is 5.87. The number of likely N-dealkylation sites (tertiary alicyclic amines) is 2. The minimum Gasteiger partial charge on any atom is -0.341 e. The zero-order chi connectivity index (χ0) is 24.4. The van der Waals surface area contributed by atoms with E-state index >= 15 is 0 Å². The first-order chi connectivity index (χ1) is 16.9. The van der Waals surface area contributed by atoms with E-state index in [-0.39, 0.29) is 42.6 Å². The smallest absolute Gasteiger partial charge is 0.246 e. The van der Waals surface area contributed by atoms with Crippen LogP contribution in [0.5, 0.6) is 0 Å². The molecule has 0 radical (unpaired) electrons. The van der Waals surface area contributed by atoms with Crippen molar-refractivity contribution in [3.8, 4) is 0 Å². The van der Waals surface area contributed by atoms with Gasteiger partial charge in [0, 0.05) is 44.0 Å². The number of halogens is 1. The Balaban J connectivity index is 1.16. The lowest BCUT2D eigenvalue weighted by Gasteiger charge is -2.44. The number of nitrogens with zero attached hydrogens (tertiary/aromatic N) is 3. The lowest BCUT2D eigenvalue weighted by molar-refractivity contribution is -0.222. The van der Waals surface area contributed by atoms with Crippen LogP contribution < -0.4 is 0 Å². The maximum atomic E-state index is 14.0. The monoisotopic (exact) mass is 479 g/mol. The van der Waals surface area contributed by atoms with E-state index in [9.17, 15) is 18.8 Å². The van der Waals surface area contributed by atoms with Gasteiger partial charge in [0.05, 0.1) is 12.1 Å². The molecule has 35 heavy (non-hydrogen) atoms. The summed E-state index contributed by atoms with van der Waals surface area (Å²) in [4.78, 5) is 47.4. The average molecular weight is 480 g/mol. The van der Waals surface area contributed by atoms with Crippen LogP contribution in [0.2, 0.25) is 0 Å². The van der Waals surface area contributed by atoms with Crippen molar-refractivity contribution in [1.29, 1.82) is 0 Å². The van der Waals surface area contributed by atoms with Crippen molar-refractivity contribution >= 4 is 17.7 Å². The largest absolute Gasteiger partial charge is 0.341 e. The highest BCUT2D eigenvalue weighted by atomic mass is 19.1. The lowest BCUT2D eigenvalue weighted by Crippen LogP contribution is -2.55. The van der Waals surface area contributed by atoms with Gasteiger partial charge in [-0.15, -0.1) is 0 Å². The molecule has 3 saturated heterocycles. The van der Waals surface area contributed by atoms with Crippen molar-refractivity contribution in [2.45, 2.75) is 50.2 Å². The molecule has 0 aliphatic carbocycles. The van der Waals surface area contributed by atoms with Crippen LogP contribution in [0.1, 0.15) is 49.1 Å². The number of amides is 3. The molecule has 3 fully saturated rings. The predicted octanol–water partition coefficient (Wildman–Crippen LogP) is 3.26. The van der Waals surface area contributed by atoms with E-state index in [0.717, 1.165) is 5.56 Å². The summed E-state index contributed by atoms with van der Waals surface area (Å²) in [6.45, 7) is 1.62. The molecule has 1 spiro atoms. The molecule has 8 heteroatoms. The summed E-state index contributed by atoms with van der Waals surface area (Å²) in [6.07, 6.45) is 2.67. The molecule has 7 nitrogen and oxygen atoms in total. The van der Waals surface area contributed by atoms with Crippen molar-refractivity contribution in [1.82, 2.24) is 14.9 Å². The molecule has 184 valence electrons. The molecular formula is C27H30FN3O4. The van der Waals surface area contributed by atoms with E-state index < -0.39 is 5.54 Å². The third kappa shape index (κ3) is 4.80. The van der Waals surface area contributed by atoms with Gasteiger partial charge in [0.1, 0.15) is 12.4 Å². The summed E-state index contributed by atoms with van der Waals surface area (Å²) in [6, 6.07) is 16.3. The van der Waals surface area contributed by atoms with Gasteiger partial charge in [0.2, 0.25) is 17.7 Å². The van der Waals surface area contributed by atoms with Crippen LogP contribution in [0.4, 0.5) is 4.39 Å².